The maximum absolute atomic E-state index is 13.6. The van der Waals surface area contributed by atoms with Gasteiger partial charge in [0, 0.05) is 25.6 Å². The zero-order chi connectivity index (χ0) is 25.9. The highest BCUT2D eigenvalue weighted by atomic mass is 32.2. The van der Waals surface area contributed by atoms with E-state index in [0.29, 0.717) is 6.54 Å². The first kappa shape index (κ1) is 27.1. The van der Waals surface area contributed by atoms with Crippen molar-refractivity contribution in [2.24, 2.45) is 5.92 Å². The van der Waals surface area contributed by atoms with E-state index in [2.05, 4.69) is 0 Å². The van der Waals surface area contributed by atoms with Gasteiger partial charge in [-0.15, -0.1) is 0 Å². The number of benzene rings is 2. The van der Waals surface area contributed by atoms with Gasteiger partial charge in [-0.25, -0.2) is 8.42 Å². The molecule has 35 heavy (non-hydrogen) atoms. The lowest BCUT2D eigenvalue weighted by Crippen LogP contribution is -2.50. The zero-order valence-corrected chi connectivity index (χ0v) is 22.2. The van der Waals surface area contributed by atoms with E-state index in [9.17, 15) is 18.3 Å². The van der Waals surface area contributed by atoms with Gasteiger partial charge in [0.25, 0.3) is 0 Å². The normalized spacial score (nSPS) is 20.9. The van der Waals surface area contributed by atoms with E-state index in [-0.39, 0.29) is 42.2 Å². The number of hydrogen-bond acceptors (Lipinski definition) is 6. The summed E-state index contributed by atoms with van der Waals surface area (Å²) in [5, 5.41) is 9.80. The molecule has 2 aromatic carbocycles. The molecule has 0 bridgehead atoms. The largest absolute Gasteiger partial charge is 0.487 e. The van der Waals surface area contributed by atoms with Gasteiger partial charge < -0.3 is 19.6 Å². The van der Waals surface area contributed by atoms with Crippen LogP contribution < -0.4 is 4.74 Å². The number of ether oxygens (including phenoxy) is 1. The Morgan fingerprint density at radius 2 is 1.77 bits per heavy atom. The fraction of sp³-hybridized carbons (Fsp3) is 0.500. The van der Waals surface area contributed by atoms with E-state index in [1.165, 1.54) is 4.31 Å². The molecule has 0 fully saturated rings. The number of likely N-dealkylation sites (N-methyl/N-ethyl adjacent to an activating group) is 2. The van der Waals surface area contributed by atoms with Crippen LogP contribution in [0, 0.1) is 12.8 Å². The maximum atomic E-state index is 13.6. The number of aliphatic hydroxyl groups is 1. The van der Waals surface area contributed by atoms with Crippen LogP contribution in [0.1, 0.15) is 19.4 Å². The minimum Gasteiger partial charge on any atom is -0.487 e. The van der Waals surface area contributed by atoms with Gasteiger partial charge in [-0.3, -0.25) is 4.79 Å². The second-order valence-corrected chi connectivity index (χ2v) is 11.6. The summed E-state index contributed by atoms with van der Waals surface area (Å²) in [6.45, 7) is 6.07. The van der Waals surface area contributed by atoms with Crippen molar-refractivity contribution in [3.05, 3.63) is 48.0 Å². The summed E-state index contributed by atoms with van der Waals surface area (Å²) in [6.07, 6.45) is -0.443. The quantitative estimate of drug-likeness (QED) is 0.624. The second kappa shape index (κ2) is 11.1. The number of hydrogen-bond donors (Lipinski definition) is 1. The highest BCUT2D eigenvalue weighted by molar-refractivity contribution is 7.89. The average molecular weight is 504 g/mol. The first-order chi connectivity index (χ1) is 16.4. The van der Waals surface area contributed by atoms with Crippen molar-refractivity contribution < 1.29 is 23.1 Å². The van der Waals surface area contributed by atoms with Crippen LogP contribution in [0.2, 0.25) is 0 Å². The maximum Gasteiger partial charge on any atom is 0.247 e. The average Bonchev–Trinajstić information content (AvgIpc) is 2.80. The molecule has 1 N–H and O–H groups in total. The van der Waals surface area contributed by atoms with Crippen molar-refractivity contribution in [3.8, 4) is 16.9 Å². The summed E-state index contributed by atoms with van der Waals surface area (Å²) in [6, 6.07) is 12.5. The minimum atomic E-state index is -3.92. The van der Waals surface area contributed by atoms with E-state index >= 15 is 0 Å². The Labute approximate surface area is 209 Å². The summed E-state index contributed by atoms with van der Waals surface area (Å²) < 4.78 is 35.0. The van der Waals surface area contributed by atoms with Gasteiger partial charge in [0.2, 0.25) is 15.9 Å². The van der Waals surface area contributed by atoms with Crippen molar-refractivity contribution >= 4 is 15.9 Å². The van der Waals surface area contributed by atoms with Crippen molar-refractivity contribution in [1.29, 1.82) is 0 Å². The molecule has 1 aliphatic rings. The van der Waals surface area contributed by atoms with Crippen molar-refractivity contribution in [2.45, 2.75) is 37.8 Å². The highest BCUT2D eigenvalue weighted by Crippen LogP contribution is 2.36. The standard InChI is InChI=1S/C26H37N3O5S/c1-18-7-9-21(10-8-18)22-11-12-25-23(13-22)34-24(15-28(6)26(31)16-27(4)5)19(2)14-29(20(3)17-30)35(25,32)33/h7-13,19-20,24,30H,14-17H2,1-6H3/t19-,20+,24+/m0/s1. The predicted molar refractivity (Wildman–Crippen MR) is 137 cm³/mol. The molecule has 3 rings (SSSR count). The number of nitrogens with zero attached hydrogens (tertiary/aromatic N) is 3. The summed E-state index contributed by atoms with van der Waals surface area (Å²) >= 11 is 0. The molecular weight excluding hydrogens is 466 g/mol. The zero-order valence-electron chi connectivity index (χ0n) is 21.4. The molecule has 9 heteroatoms. The van der Waals surface area contributed by atoms with Crippen LogP contribution in [-0.2, 0) is 14.8 Å². The lowest BCUT2D eigenvalue weighted by molar-refractivity contribution is -0.132. The summed E-state index contributed by atoms with van der Waals surface area (Å²) in [5.74, 6) is -0.0255. The first-order valence-corrected chi connectivity index (χ1v) is 13.3. The fourth-order valence-corrected chi connectivity index (χ4v) is 5.96. The molecule has 0 aromatic heterocycles. The molecule has 0 saturated heterocycles. The van der Waals surface area contributed by atoms with Gasteiger partial charge in [-0.05, 0) is 51.2 Å². The summed E-state index contributed by atoms with van der Waals surface area (Å²) in [4.78, 5) is 16.1. The molecule has 0 unspecified atom stereocenters. The van der Waals surface area contributed by atoms with Gasteiger partial charge >= 0.3 is 0 Å². The van der Waals surface area contributed by atoms with Crippen LogP contribution >= 0.6 is 0 Å². The van der Waals surface area contributed by atoms with Crippen LogP contribution in [0.25, 0.3) is 11.1 Å². The topological polar surface area (TPSA) is 90.4 Å². The molecule has 192 valence electrons. The molecule has 1 amide bonds. The number of sulfonamides is 1. The number of aryl methyl sites for hydroxylation is 1. The molecule has 0 aliphatic carbocycles. The number of carbonyl (C=O) groups is 1. The summed E-state index contributed by atoms with van der Waals surface area (Å²) in [7, 11) is 1.49. The Morgan fingerprint density at radius 3 is 2.37 bits per heavy atom. The third-order valence-corrected chi connectivity index (χ3v) is 8.40. The Bertz CT molecular complexity index is 1130. The molecular formula is C26H37N3O5S. The van der Waals surface area contributed by atoms with E-state index < -0.39 is 22.2 Å². The molecule has 3 atom stereocenters. The Balaban J connectivity index is 2.06. The van der Waals surface area contributed by atoms with E-state index in [1.54, 1.807) is 37.1 Å². The van der Waals surface area contributed by atoms with Gasteiger partial charge in [0.15, 0.2) is 0 Å². The second-order valence-electron chi connectivity index (χ2n) is 9.78. The highest BCUT2D eigenvalue weighted by Gasteiger charge is 2.38. The van der Waals surface area contributed by atoms with Crippen LogP contribution in [0.15, 0.2) is 47.4 Å². The number of aliphatic hydroxyl groups excluding tert-OH is 1. The van der Waals surface area contributed by atoms with Crippen molar-refractivity contribution in [1.82, 2.24) is 14.1 Å². The number of amides is 1. The van der Waals surface area contributed by atoms with Crippen molar-refractivity contribution in [3.63, 3.8) is 0 Å². The smallest absolute Gasteiger partial charge is 0.247 e. The number of carbonyl (C=O) groups excluding carboxylic acids is 1. The number of rotatable bonds is 7. The molecule has 2 aromatic rings. The van der Waals surface area contributed by atoms with Crippen LogP contribution in [0.5, 0.6) is 5.75 Å². The van der Waals surface area contributed by atoms with Gasteiger partial charge in [0.1, 0.15) is 16.7 Å². The lowest BCUT2D eigenvalue weighted by Gasteiger charge is -2.37. The van der Waals surface area contributed by atoms with Crippen LogP contribution in [0.4, 0.5) is 0 Å². The third-order valence-electron chi connectivity index (χ3n) is 6.38. The lowest BCUT2D eigenvalue weighted by atomic mass is 10.0. The summed E-state index contributed by atoms with van der Waals surface area (Å²) in [5.41, 5.74) is 2.92. The van der Waals surface area contributed by atoms with Crippen molar-refractivity contribution in [2.75, 3.05) is 47.4 Å². The molecule has 0 spiro atoms. The van der Waals surface area contributed by atoms with E-state index in [4.69, 9.17) is 4.74 Å². The molecule has 1 aliphatic heterocycles. The third kappa shape index (κ3) is 6.22. The molecule has 0 radical (unpaired) electrons. The fourth-order valence-electron chi connectivity index (χ4n) is 4.13. The molecule has 1 heterocycles. The van der Waals surface area contributed by atoms with Gasteiger partial charge in [-0.2, -0.15) is 4.31 Å². The van der Waals surface area contributed by atoms with E-state index in [1.807, 2.05) is 57.1 Å². The Hall–Kier alpha value is -2.46. The molecule has 8 nitrogen and oxygen atoms in total. The van der Waals surface area contributed by atoms with Crippen LogP contribution in [0.3, 0.4) is 0 Å². The van der Waals surface area contributed by atoms with Crippen LogP contribution in [-0.4, -0.2) is 93.1 Å². The first-order valence-electron chi connectivity index (χ1n) is 11.8. The monoisotopic (exact) mass is 503 g/mol. The minimum absolute atomic E-state index is 0.0466. The molecule has 0 saturated carbocycles. The SMILES string of the molecule is Cc1ccc(-c2ccc3c(c2)O[C@H](CN(C)C(=O)CN(C)C)[C@@H](C)CN([C@H](C)CO)S3(=O)=O)cc1. The van der Waals surface area contributed by atoms with Gasteiger partial charge in [0.05, 0.1) is 19.7 Å². The number of fused-ring (bicyclic) bond motifs is 1. The Morgan fingerprint density at radius 1 is 1.14 bits per heavy atom. The van der Waals surface area contributed by atoms with E-state index in [0.717, 1.165) is 16.7 Å². The van der Waals surface area contributed by atoms with Gasteiger partial charge in [-0.1, -0.05) is 42.8 Å². The predicted octanol–water partition coefficient (Wildman–Crippen LogP) is 2.45. The Kier molecular flexibility index (Phi) is 8.58.